The molecule has 2 heterocycles. The van der Waals surface area contributed by atoms with Crippen molar-refractivity contribution in [2.24, 2.45) is 11.8 Å². The molecule has 0 bridgehead atoms. The van der Waals surface area contributed by atoms with Crippen molar-refractivity contribution >= 4 is 11.0 Å². The quantitative estimate of drug-likeness (QED) is 0.445. The van der Waals surface area contributed by atoms with Gasteiger partial charge in [-0.2, -0.15) is 0 Å². The highest BCUT2D eigenvalue weighted by atomic mass is 16.5. The number of benzene rings is 2. The van der Waals surface area contributed by atoms with Crippen molar-refractivity contribution in [3.05, 3.63) is 58.8 Å². The summed E-state index contributed by atoms with van der Waals surface area (Å²) in [7, 11) is 3.75. The Morgan fingerprint density at radius 1 is 1.03 bits per heavy atom. The molecule has 2 fully saturated rings. The van der Waals surface area contributed by atoms with Gasteiger partial charge in [-0.25, -0.2) is 0 Å². The molecular formula is C29H41N3O3. The summed E-state index contributed by atoms with van der Waals surface area (Å²) < 4.78 is 11.7. The van der Waals surface area contributed by atoms with Crippen LogP contribution in [0.2, 0.25) is 0 Å². The fraction of sp³-hybridized carbons (Fsp3) is 0.552. The number of hydrogen-bond donors (Lipinski definition) is 2. The van der Waals surface area contributed by atoms with Crippen LogP contribution in [0.25, 0.3) is 11.0 Å². The summed E-state index contributed by atoms with van der Waals surface area (Å²) in [6.07, 6.45) is 7.14. The highest BCUT2D eigenvalue weighted by molar-refractivity contribution is 5.84. The lowest BCUT2D eigenvalue weighted by Gasteiger charge is -2.32. The second-order valence-electron chi connectivity index (χ2n) is 10.1. The number of aliphatic hydroxyl groups is 1. The summed E-state index contributed by atoms with van der Waals surface area (Å²) >= 11 is 0. The van der Waals surface area contributed by atoms with Gasteiger partial charge in [-0.1, -0.05) is 29.4 Å². The topological polar surface area (TPSA) is 70.8 Å². The molecule has 35 heavy (non-hydrogen) atoms. The number of nitrogens with zero attached hydrogens (tertiary/aromatic N) is 2. The minimum Gasteiger partial charge on any atom is -0.493 e. The second kappa shape index (κ2) is 12.5. The van der Waals surface area contributed by atoms with E-state index in [1.165, 1.54) is 31.2 Å². The number of aromatic nitrogens is 1. The van der Waals surface area contributed by atoms with Crippen LogP contribution in [0.15, 0.2) is 40.9 Å². The first kappa shape index (κ1) is 25.7. The second-order valence-corrected chi connectivity index (χ2v) is 10.1. The molecule has 3 aromatic rings. The third kappa shape index (κ3) is 6.84. The first-order chi connectivity index (χ1) is 17.1. The molecule has 6 heteroatoms. The smallest absolute Gasteiger partial charge is 0.173 e. The van der Waals surface area contributed by atoms with E-state index >= 15 is 0 Å². The Bertz CT molecular complexity index is 1070. The molecule has 6 nitrogen and oxygen atoms in total. The fourth-order valence-corrected chi connectivity index (χ4v) is 4.88. The molecule has 5 rings (SSSR count). The Kier molecular flexibility index (Phi) is 9.18. The SMILES string of the molecule is CNC.Cc1c(OCC2CC2)ccc2c(CCC3CCN(Cc4ccccc4CO)CC3)noc12. The van der Waals surface area contributed by atoms with E-state index in [2.05, 4.69) is 46.6 Å². The zero-order valence-electron chi connectivity index (χ0n) is 21.6. The van der Waals surface area contributed by atoms with Gasteiger partial charge >= 0.3 is 0 Å². The molecule has 0 unspecified atom stereocenters. The van der Waals surface area contributed by atoms with E-state index in [9.17, 15) is 5.11 Å². The van der Waals surface area contributed by atoms with Crippen molar-refractivity contribution in [1.29, 1.82) is 0 Å². The first-order valence-electron chi connectivity index (χ1n) is 13.1. The maximum atomic E-state index is 9.57. The maximum absolute atomic E-state index is 9.57. The molecule has 2 N–H and O–H groups in total. The summed E-state index contributed by atoms with van der Waals surface area (Å²) in [5, 5.41) is 17.9. The largest absolute Gasteiger partial charge is 0.493 e. The zero-order valence-corrected chi connectivity index (χ0v) is 21.6. The third-order valence-corrected chi connectivity index (χ3v) is 7.26. The highest BCUT2D eigenvalue weighted by Gasteiger charge is 2.24. The van der Waals surface area contributed by atoms with E-state index in [0.717, 1.165) is 84.5 Å². The molecule has 0 radical (unpaired) electrons. The van der Waals surface area contributed by atoms with Gasteiger partial charge in [-0.05, 0) is 108 Å². The number of aryl methyl sites for hydroxylation is 2. The van der Waals surface area contributed by atoms with Gasteiger partial charge in [-0.15, -0.1) is 0 Å². The van der Waals surface area contributed by atoms with Crippen LogP contribution in [0.1, 0.15) is 54.5 Å². The number of likely N-dealkylation sites (tertiary alicyclic amines) is 1. The lowest BCUT2D eigenvalue weighted by Crippen LogP contribution is -2.33. The number of rotatable bonds is 9. The Labute approximate surface area is 209 Å². The number of nitrogens with one attached hydrogen (secondary N) is 1. The standard InChI is InChI=1S/C27H34N2O3.C2H7N/c1-19-26(31-18-21-6-7-21)11-9-24-25(28-32-27(19)24)10-8-20-12-14-29(15-13-20)16-22-4-2-3-5-23(22)17-30;1-3-2/h2-5,9,11,20-21,30H,6-8,10,12-18H2,1H3;3H,1-2H3. The summed E-state index contributed by atoms with van der Waals surface area (Å²) in [5.41, 5.74) is 5.32. The van der Waals surface area contributed by atoms with Crippen molar-refractivity contribution < 1.29 is 14.4 Å². The molecule has 2 aromatic carbocycles. The molecule has 1 aliphatic heterocycles. The monoisotopic (exact) mass is 479 g/mol. The lowest BCUT2D eigenvalue weighted by atomic mass is 9.90. The van der Waals surface area contributed by atoms with E-state index in [4.69, 9.17) is 9.26 Å². The molecular weight excluding hydrogens is 438 g/mol. The Morgan fingerprint density at radius 3 is 2.43 bits per heavy atom. The Balaban J connectivity index is 0.000000917. The van der Waals surface area contributed by atoms with Gasteiger partial charge in [0.15, 0.2) is 5.58 Å². The van der Waals surface area contributed by atoms with Gasteiger partial charge in [0.1, 0.15) is 5.75 Å². The van der Waals surface area contributed by atoms with Crippen molar-refractivity contribution in [2.45, 2.75) is 58.6 Å². The van der Waals surface area contributed by atoms with Crippen molar-refractivity contribution in [1.82, 2.24) is 15.4 Å². The molecule has 2 aliphatic rings. The summed E-state index contributed by atoms with van der Waals surface area (Å²) in [6.45, 7) is 6.17. The van der Waals surface area contributed by atoms with E-state index in [1.807, 2.05) is 26.2 Å². The molecule has 0 atom stereocenters. The molecule has 190 valence electrons. The van der Waals surface area contributed by atoms with E-state index in [-0.39, 0.29) is 6.61 Å². The maximum Gasteiger partial charge on any atom is 0.173 e. The lowest BCUT2D eigenvalue weighted by molar-refractivity contribution is 0.170. The van der Waals surface area contributed by atoms with Crippen LogP contribution in [-0.2, 0) is 19.6 Å². The van der Waals surface area contributed by atoms with Crippen LogP contribution < -0.4 is 10.1 Å². The molecule has 0 amide bonds. The van der Waals surface area contributed by atoms with Crippen LogP contribution in [-0.4, -0.2) is 49.0 Å². The van der Waals surface area contributed by atoms with Crippen LogP contribution >= 0.6 is 0 Å². The number of aliphatic hydroxyl groups excluding tert-OH is 1. The number of hydrogen-bond acceptors (Lipinski definition) is 6. The van der Waals surface area contributed by atoms with Gasteiger partial charge in [0.05, 0.1) is 18.9 Å². The number of fused-ring (bicyclic) bond motifs is 1. The van der Waals surface area contributed by atoms with Gasteiger partial charge in [-0.3, -0.25) is 4.90 Å². The number of ether oxygens (including phenoxy) is 1. The third-order valence-electron chi connectivity index (χ3n) is 7.26. The molecule has 1 aliphatic carbocycles. The minimum atomic E-state index is 0.117. The molecule has 1 saturated heterocycles. The summed E-state index contributed by atoms with van der Waals surface area (Å²) in [5.74, 6) is 2.40. The minimum absolute atomic E-state index is 0.117. The zero-order chi connectivity index (χ0) is 24.6. The van der Waals surface area contributed by atoms with E-state index in [1.54, 1.807) is 0 Å². The van der Waals surface area contributed by atoms with Crippen molar-refractivity contribution in [2.75, 3.05) is 33.8 Å². The Morgan fingerprint density at radius 2 is 1.74 bits per heavy atom. The first-order valence-corrected chi connectivity index (χ1v) is 13.1. The van der Waals surface area contributed by atoms with E-state index in [0.29, 0.717) is 0 Å². The van der Waals surface area contributed by atoms with Gasteiger partial charge in [0.2, 0.25) is 0 Å². The van der Waals surface area contributed by atoms with E-state index < -0.39 is 0 Å². The average Bonchev–Trinajstić information content (AvgIpc) is 3.62. The fourth-order valence-electron chi connectivity index (χ4n) is 4.88. The molecule has 1 saturated carbocycles. The van der Waals surface area contributed by atoms with Crippen LogP contribution in [0.5, 0.6) is 5.75 Å². The summed E-state index contributed by atoms with van der Waals surface area (Å²) in [6, 6.07) is 12.4. The van der Waals surface area contributed by atoms with Crippen LogP contribution in [0, 0.1) is 18.8 Å². The van der Waals surface area contributed by atoms with Crippen LogP contribution in [0.4, 0.5) is 0 Å². The molecule has 1 aromatic heterocycles. The normalized spacial score (nSPS) is 16.8. The predicted molar refractivity (Wildman–Crippen MR) is 141 cm³/mol. The number of piperidine rings is 1. The van der Waals surface area contributed by atoms with Crippen molar-refractivity contribution in [3.8, 4) is 5.75 Å². The van der Waals surface area contributed by atoms with Gasteiger partial charge in [0, 0.05) is 17.5 Å². The van der Waals surface area contributed by atoms with Gasteiger partial charge in [0.25, 0.3) is 0 Å². The van der Waals surface area contributed by atoms with Crippen LogP contribution in [0.3, 0.4) is 0 Å². The Hall–Kier alpha value is -2.41. The highest BCUT2D eigenvalue weighted by Crippen LogP contribution is 2.34. The average molecular weight is 480 g/mol. The molecule has 0 spiro atoms. The van der Waals surface area contributed by atoms with Gasteiger partial charge < -0.3 is 19.7 Å². The van der Waals surface area contributed by atoms with Crippen molar-refractivity contribution in [3.63, 3.8) is 0 Å². The predicted octanol–water partition coefficient (Wildman–Crippen LogP) is 5.10. The summed E-state index contributed by atoms with van der Waals surface area (Å²) in [4.78, 5) is 2.52.